The Morgan fingerprint density at radius 3 is 1.26 bits per heavy atom. The molecule has 0 amide bonds. The lowest BCUT2D eigenvalue weighted by Gasteiger charge is -2.35. The van der Waals surface area contributed by atoms with Crippen LogP contribution in [0.4, 0.5) is 17.1 Å². The first kappa shape index (κ1) is 67.9. The van der Waals surface area contributed by atoms with Gasteiger partial charge in [0.2, 0.25) is 0 Å². The van der Waals surface area contributed by atoms with E-state index in [1.807, 2.05) is 0 Å². The van der Waals surface area contributed by atoms with Gasteiger partial charge in [0.1, 0.15) is 0 Å². The van der Waals surface area contributed by atoms with Gasteiger partial charge >= 0.3 is 0 Å². The maximum Gasteiger partial charge on any atom is 0.161 e. The van der Waals surface area contributed by atoms with E-state index in [4.69, 9.17) is 18.9 Å². The average Bonchev–Trinajstić information content (AvgIpc) is 1.50. The summed E-state index contributed by atoms with van der Waals surface area (Å²) in [6, 6.07) is 58.6. The Labute approximate surface area is 566 Å². The molecule has 1 aliphatic heterocycles. The fraction of sp³-hybridized carbons (Fsp3) is 0.438. The van der Waals surface area contributed by atoms with E-state index in [1.54, 1.807) is 0 Å². The van der Waals surface area contributed by atoms with E-state index in [9.17, 15) is 0 Å². The minimum Gasteiger partial charge on any atom is -0.490 e. The third-order valence-corrected chi connectivity index (χ3v) is 20.2. The third kappa shape index (κ3) is 15.6. The molecule has 0 bridgehead atoms. The number of hydrogen-bond donors (Lipinski definition) is 0. The van der Waals surface area contributed by atoms with E-state index >= 15 is 0 Å². The Hall–Kier alpha value is -7.50. The molecule has 3 aliphatic rings. The van der Waals surface area contributed by atoms with E-state index in [2.05, 4.69) is 211 Å². The highest BCUT2D eigenvalue weighted by molar-refractivity contribution is 6.07. The van der Waals surface area contributed by atoms with Gasteiger partial charge in [-0.1, -0.05) is 266 Å². The monoisotopic (exact) mass is 1260 g/mol. The molecule has 5 nitrogen and oxygen atoms in total. The van der Waals surface area contributed by atoms with E-state index in [0.717, 1.165) is 80.8 Å². The molecular weight excluding hydrogens is 1150 g/mol. The Kier molecular flexibility index (Phi) is 24.4. The van der Waals surface area contributed by atoms with Crippen molar-refractivity contribution in [3.05, 3.63) is 207 Å². The predicted molar refractivity (Wildman–Crippen MR) is 400 cm³/mol. The minimum absolute atomic E-state index is 0.645. The largest absolute Gasteiger partial charge is 0.490 e. The van der Waals surface area contributed by atoms with Crippen molar-refractivity contribution in [3.63, 3.8) is 0 Å². The van der Waals surface area contributed by atoms with Gasteiger partial charge in [-0.3, -0.25) is 0 Å². The minimum atomic E-state index is -0.730. The molecule has 94 heavy (non-hydrogen) atoms. The van der Waals surface area contributed by atoms with E-state index < -0.39 is 5.41 Å². The lowest BCUT2D eigenvalue weighted by atomic mass is 9.70. The van der Waals surface area contributed by atoms with E-state index in [0.29, 0.717) is 26.4 Å². The molecule has 0 N–H and O–H groups in total. The Morgan fingerprint density at radius 2 is 0.734 bits per heavy atom. The maximum absolute atomic E-state index is 7.14. The second kappa shape index (κ2) is 33.7. The van der Waals surface area contributed by atoms with Crippen LogP contribution >= 0.6 is 0 Å². The van der Waals surface area contributed by atoms with Crippen molar-refractivity contribution in [1.29, 1.82) is 0 Å². The molecule has 0 unspecified atom stereocenters. The summed E-state index contributed by atoms with van der Waals surface area (Å²) in [5.74, 6) is 3.35. The first-order valence-electron chi connectivity index (χ1n) is 37.4. The van der Waals surface area contributed by atoms with Crippen LogP contribution in [0.25, 0.3) is 45.0 Å². The summed E-state index contributed by atoms with van der Waals surface area (Å²) >= 11 is 0. The molecule has 1 spiro atoms. The molecule has 5 heteroatoms. The smallest absolute Gasteiger partial charge is 0.161 e. The van der Waals surface area contributed by atoms with Gasteiger partial charge in [-0.25, -0.2) is 0 Å². The number of rotatable bonds is 38. The quantitative estimate of drug-likeness (QED) is 0.0361. The maximum atomic E-state index is 7.14. The van der Waals surface area contributed by atoms with Crippen molar-refractivity contribution in [2.45, 2.75) is 227 Å². The number of fused-ring (bicyclic) bond motifs is 12. The molecule has 0 fully saturated rings. The zero-order valence-corrected chi connectivity index (χ0v) is 58.5. The van der Waals surface area contributed by atoms with Gasteiger partial charge in [-0.2, -0.15) is 0 Å². The fourth-order valence-corrected chi connectivity index (χ4v) is 15.0. The molecule has 0 saturated heterocycles. The molecule has 0 saturated carbocycles. The zero-order valence-electron chi connectivity index (χ0n) is 58.5. The second-order valence-electron chi connectivity index (χ2n) is 27.5. The molecule has 8 aromatic rings. The van der Waals surface area contributed by atoms with Gasteiger partial charge in [0.05, 0.1) is 43.2 Å². The van der Waals surface area contributed by atoms with Gasteiger partial charge in [0, 0.05) is 16.8 Å². The van der Waals surface area contributed by atoms with E-state index in [1.165, 1.54) is 227 Å². The molecule has 0 radical (unpaired) electrons. The third-order valence-electron chi connectivity index (χ3n) is 20.2. The fourth-order valence-electron chi connectivity index (χ4n) is 15.0. The molecule has 0 aromatic heterocycles. The number of nitrogens with zero attached hydrogens (tertiary/aromatic N) is 1. The van der Waals surface area contributed by atoms with Crippen molar-refractivity contribution >= 4 is 28.7 Å². The van der Waals surface area contributed by atoms with Crippen LogP contribution in [0.2, 0.25) is 0 Å². The standard InChI is InChI=1S/C89H109NO4/c1-8-13-18-22-26-33-52-91-85-61-75-76-62-86(92-53-34-27-23-19-14-9-2)88(94-55-36-29-25-21-16-11-4)64-82(76)89(81(75)63-87(85)93-54-35-28-24-20-15-10-3)79-57-66(7)40-48-72(79)73-49-44-70(60-80(73)89)69-45-51-84-78(59-69)74(58-68-38-31-30-32-39-68)77-56-65(6)41-50-83(77)90(84)71-46-42-67(43-47-71)37-17-12-5/h30-32,38-51,56-64H,8-29,33-37,52-55H2,1-7H3/b74-58-. The van der Waals surface area contributed by atoms with Crippen molar-refractivity contribution < 1.29 is 18.9 Å². The number of anilines is 3. The van der Waals surface area contributed by atoms with Gasteiger partial charge in [0.25, 0.3) is 0 Å². The number of unbranched alkanes of at least 4 members (excludes halogenated alkanes) is 21. The Bertz CT molecular complexity index is 3690. The SMILES string of the molecule is CCCCCCCCOc1cc2c(cc1OCCCCCCCC)C1(c3cc(C)ccc3-c3ccc(-c4ccc5c(c4)/C(=C\c4ccccc4)c4cc(C)ccc4N5c4ccc(CCCC)cc4)cc31)c1cc(OCCCCCCCC)c(OCCCCCCCC)cc1-2. The lowest BCUT2D eigenvalue weighted by molar-refractivity contribution is 0.258. The molecule has 2 aliphatic carbocycles. The van der Waals surface area contributed by atoms with Gasteiger partial charge in [0.15, 0.2) is 23.0 Å². The number of hydrogen-bond acceptors (Lipinski definition) is 5. The average molecular weight is 1260 g/mol. The molecule has 11 rings (SSSR count). The van der Waals surface area contributed by atoms with Gasteiger partial charge < -0.3 is 23.8 Å². The van der Waals surface area contributed by atoms with Crippen LogP contribution < -0.4 is 23.8 Å². The van der Waals surface area contributed by atoms with Gasteiger partial charge in [-0.05, 0) is 198 Å². The van der Waals surface area contributed by atoms with Crippen LogP contribution in [0.3, 0.4) is 0 Å². The normalized spacial score (nSPS) is 13.4. The van der Waals surface area contributed by atoms with E-state index in [-0.39, 0.29) is 0 Å². The summed E-state index contributed by atoms with van der Waals surface area (Å²) in [6.45, 7) is 18.5. The van der Waals surface area contributed by atoms with Crippen LogP contribution in [0.5, 0.6) is 23.0 Å². The summed E-state index contributed by atoms with van der Waals surface area (Å²) in [4.78, 5) is 2.50. The van der Waals surface area contributed by atoms with Crippen molar-refractivity contribution in [2.75, 3.05) is 31.3 Å². The lowest BCUT2D eigenvalue weighted by Crippen LogP contribution is -2.26. The summed E-state index contributed by atoms with van der Waals surface area (Å²) in [7, 11) is 0. The topological polar surface area (TPSA) is 40.2 Å². The summed E-state index contributed by atoms with van der Waals surface area (Å²) in [6.07, 6.45) is 34.7. The summed E-state index contributed by atoms with van der Waals surface area (Å²) in [5.41, 5.74) is 23.8. The number of benzene rings is 8. The highest BCUT2D eigenvalue weighted by atomic mass is 16.5. The number of aryl methyl sites for hydroxylation is 3. The van der Waals surface area contributed by atoms with Crippen molar-refractivity contribution in [1.82, 2.24) is 0 Å². The molecule has 1 heterocycles. The van der Waals surface area contributed by atoms with Crippen LogP contribution in [0.15, 0.2) is 152 Å². The molecular formula is C89H109NO4. The van der Waals surface area contributed by atoms with Crippen molar-refractivity contribution in [2.24, 2.45) is 0 Å². The Balaban J connectivity index is 1.09. The first-order valence-corrected chi connectivity index (χ1v) is 37.4. The van der Waals surface area contributed by atoms with Crippen LogP contribution in [0, 0.1) is 13.8 Å². The first-order chi connectivity index (χ1) is 46.3. The summed E-state index contributed by atoms with van der Waals surface area (Å²) in [5, 5.41) is 0. The van der Waals surface area contributed by atoms with Crippen LogP contribution in [0.1, 0.15) is 257 Å². The number of ether oxygens (including phenoxy) is 4. The van der Waals surface area contributed by atoms with Crippen molar-refractivity contribution in [3.8, 4) is 56.4 Å². The molecule has 494 valence electrons. The molecule has 8 aromatic carbocycles. The van der Waals surface area contributed by atoms with Crippen LogP contribution in [-0.4, -0.2) is 26.4 Å². The predicted octanol–water partition coefficient (Wildman–Crippen LogP) is 26.0. The molecule has 0 atom stereocenters. The highest BCUT2D eigenvalue weighted by Crippen LogP contribution is 2.66. The van der Waals surface area contributed by atoms with Gasteiger partial charge in [-0.15, -0.1) is 0 Å². The second-order valence-corrected chi connectivity index (χ2v) is 27.5. The summed E-state index contributed by atoms with van der Waals surface area (Å²) < 4.78 is 28.4. The highest BCUT2D eigenvalue weighted by Gasteiger charge is 2.53. The Morgan fingerprint density at radius 1 is 0.330 bits per heavy atom. The van der Waals surface area contributed by atoms with Crippen LogP contribution in [-0.2, 0) is 11.8 Å². The zero-order chi connectivity index (χ0) is 65.1.